The molecule has 2 amide bonds. The number of halogens is 1. The average Bonchev–Trinajstić information content (AvgIpc) is 3.43. The Morgan fingerprint density at radius 3 is 2.75 bits per heavy atom. The Bertz CT molecular complexity index is 1440. The second-order valence-corrected chi connectivity index (χ2v) is 9.62. The van der Waals surface area contributed by atoms with E-state index in [4.69, 9.17) is 0 Å². The van der Waals surface area contributed by atoms with Crippen molar-refractivity contribution in [3.05, 3.63) is 90.1 Å². The highest BCUT2D eigenvalue weighted by Crippen LogP contribution is 2.44. The van der Waals surface area contributed by atoms with Crippen molar-refractivity contribution < 1.29 is 14.0 Å². The minimum atomic E-state index is -0.843. The van der Waals surface area contributed by atoms with Gasteiger partial charge in [-0.15, -0.1) is 0 Å². The second-order valence-electron chi connectivity index (χ2n) is 9.62. The van der Waals surface area contributed by atoms with Crippen molar-refractivity contribution in [1.82, 2.24) is 9.97 Å². The molecule has 1 aliphatic heterocycles. The number of rotatable bonds is 5. The fourth-order valence-electron chi connectivity index (χ4n) is 5.78. The highest BCUT2D eigenvalue weighted by molar-refractivity contribution is 6.12. The molecule has 36 heavy (non-hydrogen) atoms. The van der Waals surface area contributed by atoms with Crippen LogP contribution in [0.5, 0.6) is 0 Å². The number of fused-ring (bicyclic) bond motifs is 2. The predicted octanol–water partition coefficient (Wildman–Crippen LogP) is 5.70. The molecule has 3 heterocycles. The van der Waals surface area contributed by atoms with Crippen LogP contribution in [0.4, 0.5) is 15.8 Å². The van der Waals surface area contributed by atoms with E-state index >= 15 is 0 Å². The Morgan fingerprint density at radius 1 is 1.08 bits per heavy atom. The molecule has 1 unspecified atom stereocenters. The van der Waals surface area contributed by atoms with E-state index in [9.17, 15) is 14.0 Å². The lowest BCUT2D eigenvalue weighted by Gasteiger charge is -2.33. The predicted molar refractivity (Wildman–Crippen MR) is 137 cm³/mol. The van der Waals surface area contributed by atoms with Crippen LogP contribution < -0.4 is 9.80 Å². The smallest absolute Gasteiger partial charge is 0.255 e. The van der Waals surface area contributed by atoms with E-state index in [0.29, 0.717) is 5.69 Å². The van der Waals surface area contributed by atoms with Crippen molar-refractivity contribution in [2.45, 2.75) is 50.6 Å². The molecule has 4 aromatic rings. The number of anilines is 2. The van der Waals surface area contributed by atoms with Gasteiger partial charge in [-0.1, -0.05) is 43.5 Å². The first kappa shape index (κ1) is 22.5. The Morgan fingerprint density at radius 2 is 1.92 bits per heavy atom. The third-order valence-corrected chi connectivity index (χ3v) is 7.43. The Hall–Kier alpha value is -4.00. The number of aromatic amines is 1. The Balaban J connectivity index is 1.43. The van der Waals surface area contributed by atoms with Gasteiger partial charge in [0.15, 0.2) is 0 Å². The molecule has 0 saturated heterocycles. The van der Waals surface area contributed by atoms with Crippen molar-refractivity contribution in [3.8, 4) is 0 Å². The molecule has 6 rings (SSSR count). The summed E-state index contributed by atoms with van der Waals surface area (Å²) in [7, 11) is 0. The molecule has 1 saturated carbocycles. The number of nitrogens with one attached hydrogen (secondary N) is 1. The molecule has 0 bridgehead atoms. The van der Waals surface area contributed by atoms with E-state index in [2.05, 4.69) is 9.97 Å². The van der Waals surface area contributed by atoms with Crippen LogP contribution in [-0.4, -0.2) is 27.8 Å². The Labute approximate surface area is 208 Å². The van der Waals surface area contributed by atoms with Crippen LogP contribution in [0, 0.1) is 5.82 Å². The largest absolute Gasteiger partial charge is 0.360 e. The van der Waals surface area contributed by atoms with Gasteiger partial charge in [0.1, 0.15) is 11.9 Å². The zero-order valence-corrected chi connectivity index (χ0v) is 19.9. The quantitative estimate of drug-likeness (QED) is 0.397. The second kappa shape index (κ2) is 9.22. The summed E-state index contributed by atoms with van der Waals surface area (Å²) in [5.74, 6) is -0.841. The highest BCUT2D eigenvalue weighted by Gasteiger charge is 2.45. The molecular formula is C29H27FN4O2. The number of amides is 2. The van der Waals surface area contributed by atoms with Crippen LogP contribution >= 0.6 is 0 Å². The summed E-state index contributed by atoms with van der Waals surface area (Å²) in [5.41, 5.74) is 3.66. The van der Waals surface area contributed by atoms with Gasteiger partial charge in [0.05, 0.1) is 18.1 Å². The van der Waals surface area contributed by atoms with Crippen molar-refractivity contribution in [2.75, 3.05) is 9.80 Å². The molecule has 2 aromatic carbocycles. The van der Waals surface area contributed by atoms with Crippen LogP contribution in [-0.2, 0) is 16.0 Å². The molecule has 182 valence electrons. The number of para-hydroxylation sites is 1. The van der Waals surface area contributed by atoms with Gasteiger partial charge in [-0.05, 0) is 48.7 Å². The molecular weight excluding hydrogens is 455 g/mol. The zero-order valence-electron chi connectivity index (χ0n) is 19.9. The topological polar surface area (TPSA) is 69.3 Å². The van der Waals surface area contributed by atoms with Crippen LogP contribution in [0.3, 0.4) is 0 Å². The van der Waals surface area contributed by atoms with E-state index in [0.717, 1.165) is 53.4 Å². The molecule has 0 spiro atoms. The highest BCUT2D eigenvalue weighted by atomic mass is 19.1. The summed E-state index contributed by atoms with van der Waals surface area (Å²) in [6.45, 7) is 0. The molecule has 2 aliphatic rings. The SMILES string of the molecule is O=C1C(N(C(=O)Cc2c[nH]c3cnccc23)c2cccc(F)c2)c2ccccc2N1C1CCCCC1. The minimum Gasteiger partial charge on any atom is -0.360 e. The van der Waals surface area contributed by atoms with Crippen LogP contribution in [0.1, 0.15) is 49.3 Å². The van der Waals surface area contributed by atoms with Gasteiger partial charge < -0.3 is 9.88 Å². The number of aromatic nitrogens is 2. The summed E-state index contributed by atoms with van der Waals surface area (Å²) in [6, 6.07) is 14.8. The van der Waals surface area contributed by atoms with Crippen LogP contribution in [0.25, 0.3) is 10.9 Å². The van der Waals surface area contributed by atoms with Gasteiger partial charge in [-0.25, -0.2) is 4.39 Å². The van der Waals surface area contributed by atoms with Gasteiger partial charge >= 0.3 is 0 Å². The van der Waals surface area contributed by atoms with E-state index in [1.54, 1.807) is 30.7 Å². The third kappa shape index (κ3) is 3.85. The number of nitrogens with zero attached hydrogens (tertiary/aromatic N) is 3. The maximum absolute atomic E-state index is 14.4. The first-order valence-corrected chi connectivity index (χ1v) is 12.5. The van der Waals surface area contributed by atoms with Gasteiger partial charge in [0, 0.05) is 40.8 Å². The van der Waals surface area contributed by atoms with E-state index in [1.807, 2.05) is 35.2 Å². The number of carbonyl (C=O) groups is 2. The van der Waals surface area contributed by atoms with Gasteiger partial charge in [-0.3, -0.25) is 19.5 Å². The average molecular weight is 483 g/mol. The van der Waals surface area contributed by atoms with Crippen molar-refractivity contribution in [1.29, 1.82) is 0 Å². The maximum Gasteiger partial charge on any atom is 0.255 e. The first-order chi connectivity index (χ1) is 17.6. The van der Waals surface area contributed by atoms with Crippen molar-refractivity contribution in [2.24, 2.45) is 0 Å². The molecule has 1 N–H and O–H groups in total. The molecule has 1 fully saturated rings. The molecule has 7 heteroatoms. The van der Waals surface area contributed by atoms with E-state index < -0.39 is 11.9 Å². The van der Waals surface area contributed by atoms with E-state index in [-0.39, 0.29) is 24.3 Å². The lowest BCUT2D eigenvalue weighted by Crippen LogP contribution is -2.45. The molecule has 1 atom stereocenters. The fourth-order valence-corrected chi connectivity index (χ4v) is 5.78. The summed E-state index contributed by atoms with van der Waals surface area (Å²) >= 11 is 0. The van der Waals surface area contributed by atoms with Gasteiger partial charge in [-0.2, -0.15) is 0 Å². The van der Waals surface area contributed by atoms with Crippen molar-refractivity contribution in [3.63, 3.8) is 0 Å². The zero-order chi connectivity index (χ0) is 24.6. The molecule has 0 radical (unpaired) electrons. The third-order valence-electron chi connectivity index (χ3n) is 7.43. The number of carbonyl (C=O) groups excluding carboxylic acids is 2. The van der Waals surface area contributed by atoms with Crippen molar-refractivity contribution >= 4 is 34.1 Å². The lowest BCUT2D eigenvalue weighted by atomic mass is 9.94. The first-order valence-electron chi connectivity index (χ1n) is 12.5. The summed E-state index contributed by atoms with van der Waals surface area (Å²) in [5, 5.41) is 0.902. The number of hydrogen-bond donors (Lipinski definition) is 1. The number of pyridine rings is 1. The lowest BCUT2D eigenvalue weighted by molar-refractivity contribution is -0.124. The number of benzene rings is 2. The molecule has 2 aromatic heterocycles. The monoisotopic (exact) mass is 482 g/mol. The standard InChI is InChI=1S/C29H27FN4O2/c30-20-7-6-10-22(16-20)34(27(35)15-19-17-32-25-18-31-14-13-23(19)25)28-24-11-4-5-12-26(24)33(29(28)36)21-8-2-1-3-9-21/h4-7,10-14,16-18,21,28,32H,1-3,8-9,15H2. The molecule has 1 aliphatic carbocycles. The minimum absolute atomic E-state index is 0.0654. The van der Waals surface area contributed by atoms with Crippen LogP contribution in [0.15, 0.2) is 73.2 Å². The number of hydrogen-bond acceptors (Lipinski definition) is 3. The molecule has 6 nitrogen and oxygen atoms in total. The normalized spacial score (nSPS) is 18.0. The van der Waals surface area contributed by atoms with Gasteiger partial charge in [0.2, 0.25) is 5.91 Å². The van der Waals surface area contributed by atoms with Gasteiger partial charge in [0.25, 0.3) is 5.91 Å². The maximum atomic E-state index is 14.4. The summed E-state index contributed by atoms with van der Waals surface area (Å²) in [6.07, 6.45) is 10.5. The van der Waals surface area contributed by atoms with E-state index in [1.165, 1.54) is 23.5 Å². The summed E-state index contributed by atoms with van der Waals surface area (Å²) in [4.78, 5) is 38.8. The number of H-pyrrole nitrogens is 1. The van der Waals surface area contributed by atoms with Crippen LogP contribution in [0.2, 0.25) is 0 Å². The summed E-state index contributed by atoms with van der Waals surface area (Å²) < 4.78 is 14.4. The Kier molecular flexibility index (Phi) is 5.76. The fraction of sp³-hybridized carbons (Fsp3) is 0.276.